The summed E-state index contributed by atoms with van der Waals surface area (Å²) in [6.07, 6.45) is 10.5. The summed E-state index contributed by atoms with van der Waals surface area (Å²) in [5.41, 5.74) is 1.22. The smallest absolute Gasteiger partial charge is 0.226 e. The van der Waals surface area contributed by atoms with Gasteiger partial charge in [0.25, 0.3) is 0 Å². The van der Waals surface area contributed by atoms with Gasteiger partial charge in [0.1, 0.15) is 0 Å². The monoisotopic (exact) mass is 340 g/mol. The molecule has 0 aromatic heterocycles. The number of rotatable bonds is 6. The molecular weight excluding hydrogens is 308 g/mol. The van der Waals surface area contributed by atoms with Gasteiger partial charge in [0.15, 0.2) is 0 Å². The first-order chi connectivity index (χ1) is 12.3. The molecule has 25 heavy (non-hydrogen) atoms. The van der Waals surface area contributed by atoms with Gasteiger partial charge in [0.2, 0.25) is 5.91 Å². The summed E-state index contributed by atoms with van der Waals surface area (Å²) in [6.45, 7) is 7.01. The Hall–Kier alpha value is -1.61. The zero-order valence-corrected chi connectivity index (χ0v) is 15.6. The fraction of sp³-hybridized carbons (Fsp3) is 0.591. The SMILES string of the molecule is CCN(Cc1ccccc1)C(=O)C1CCN(C[C@@H]2CC=CCC2)CC1. The van der Waals surface area contributed by atoms with Crippen LogP contribution >= 0.6 is 0 Å². The van der Waals surface area contributed by atoms with Crippen molar-refractivity contribution in [1.82, 2.24) is 9.80 Å². The molecule has 1 aliphatic heterocycles. The molecule has 3 nitrogen and oxygen atoms in total. The standard InChI is InChI=1S/C22H32N2O/c1-2-24(18-20-11-7-4-8-12-20)22(25)21-13-15-23(16-14-21)17-19-9-5-3-6-10-19/h3-5,7-8,11-12,19,21H,2,6,9-10,13-18H2,1H3/t19-/m1/s1. The van der Waals surface area contributed by atoms with Gasteiger partial charge >= 0.3 is 0 Å². The molecule has 0 radical (unpaired) electrons. The summed E-state index contributed by atoms with van der Waals surface area (Å²) < 4.78 is 0. The van der Waals surface area contributed by atoms with Crippen LogP contribution in [0.2, 0.25) is 0 Å². The Morgan fingerprint density at radius 2 is 1.88 bits per heavy atom. The number of hydrogen-bond acceptors (Lipinski definition) is 2. The van der Waals surface area contributed by atoms with Gasteiger partial charge in [-0.2, -0.15) is 0 Å². The third-order valence-corrected chi connectivity index (χ3v) is 5.74. The molecule has 1 saturated heterocycles. The normalized spacial score (nSPS) is 22.0. The summed E-state index contributed by atoms with van der Waals surface area (Å²) in [5, 5.41) is 0. The van der Waals surface area contributed by atoms with Gasteiger partial charge in [-0.15, -0.1) is 0 Å². The number of allylic oxidation sites excluding steroid dienone is 2. The van der Waals surface area contributed by atoms with Crippen molar-refractivity contribution in [2.45, 2.75) is 45.6 Å². The molecule has 0 saturated carbocycles. The third kappa shape index (κ3) is 5.18. The molecule has 0 spiro atoms. The van der Waals surface area contributed by atoms with E-state index in [9.17, 15) is 4.79 Å². The summed E-state index contributed by atoms with van der Waals surface area (Å²) >= 11 is 0. The largest absolute Gasteiger partial charge is 0.338 e. The van der Waals surface area contributed by atoms with E-state index in [-0.39, 0.29) is 5.92 Å². The number of piperidine rings is 1. The molecule has 1 amide bonds. The Morgan fingerprint density at radius 3 is 2.52 bits per heavy atom. The Kier molecular flexibility index (Phi) is 6.69. The Labute approximate surface area is 152 Å². The molecule has 1 heterocycles. The lowest BCUT2D eigenvalue weighted by Crippen LogP contribution is -2.43. The molecule has 1 atom stereocenters. The minimum atomic E-state index is 0.214. The molecule has 1 fully saturated rings. The van der Waals surface area contributed by atoms with E-state index in [4.69, 9.17) is 0 Å². The van der Waals surface area contributed by atoms with Crippen molar-refractivity contribution in [2.75, 3.05) is 26.2 Å². The highest BCUT2D eigenvalue weighted by Crippen LogP contribution is 2.24. The van der Waals surface area contributed by atoms with Crippen molar-refractivity contribution >= 4 is 5.91 Å². The van der Waals surface area contributed by atoms with E-state index in [1.807, 2.05) is 23.1 Å². The number of carbonyl (C=O) groups excluding carboxylic acids is 1. The highest BCUT2D eigenvalue weighted by Gasteiger charge is 2.28. The van der Waals surface area contributed by atoms with E-state index < -0.39 is 0 Å². The van der Waals surface area contributed by atoms with Gasteiger partial charge in [0.05, 0.1) is 0 Å². The summed E-state index contributed by atoms with van der Waals surface area (Å²) in [5.74, 6) is 1.39. The van der Waals surface area contributed by atoms with E-state index in [0.717, 1.165) is 44.9 Å². The number of nitrogens with zero attached hydrogens (tertiary/aromatic N) is 2. The highest BCUT2D eigenvalue weighted by molar-refractivity contribution is 5.79. The lowest BCUT2D eigenvalue weighted by Gasteiger charge is -2.36. The molecule has 0 unspecified atom stereocenters. The molecule has 1 aromatic carbocycles. The Bertz CT molecular complexity index is 561. The zero-order chi connectivity index (χ0) is 17.5. The maximum atomic E-state index is 12.9. The topological polar surface area (TPSA) is 23.6 Å². The number of benzene rings is 1. The average Bonchev–Trinajstić information content (AvgIpc) is 2.68. The fourth-order valence-electron chi connectivity index (χ4n) is 4.16. The first kappa shape index (κ1) is 18.2. The lowest BCUT2D eigenvalue weighted by molar-refractivity contribution is -0.137. The van der Waals surface area contributed by atoms with Crippen molar-refractivity contribution in [2.24, 2.45) is 11.8 Å². The Balaban J connectivity index is 1.47. The number of hydrogen-bond donors (Lipinski definition) is 0. The first-order valence-corrected chi connectivity index (χ1v) is 9.96. The first-order valence-electron chi connectivity index (χ1n) is 9.96. The fourth-order valence-corrected chi connectivity index (χ4v) is 4.16. The molecule has 136 valence electrons. The molecule has 1 aliphatic carbocycles. The van der Waals surface area contributed by atoms with Gasteiger partial charge < -0.3 is 9.80 Å². The van der Waals surface area contributed by atoms with E-state index in [0.29, 0.717) is 5.91 Å². The van der Waals surface area contributed by atoms with Crippen LogP contribution in [0.4, 0.5) is 0 Å². The zero-order valence-electron chi connectivity index (χ0n) is 15.6. The molecule has 2 aliphatic rings. The third-order valence-electron chi connectivity index (χ3n) is 5.74. The molecule has 0 N–H and O–H groups in total. The quantitative estimate of drug-likeness (QED) is 0.728. The highest BCUT2D eigenvalue weighted by atomic mass is 16.2. The van der Waals surface area contributed by atoms with Gasteiger partial charge in [-0.1, -0.05) is 42.5 Å². The van der Waals surface area contributed by atoms with Crippen molar-refractivity contribution in [3.05, 3.63) is 48.0 Å². The van der Waals surface area contributed by atoms with E-state index in [1.54, 1.807) is 0 Å². The lowest BCUT2D eigenvalue weighted by atomic mass is 9.91. The number of amides is 1. The van der Waals surface area contributed by atoms with Gasteiger partial charge in [-0.25, -0.2) is 0 Å². The second-order valence-electron chi connectivity index (χ2n) is 7.56. The van der Waals surface area contributed by atoms with Crippen molar-refractivity contribution in [3.8, 4) is 0 Å². The number of likely N-dealkylation sites (tertiary alicyclic amines) is 1. The molecule has 0 bridgehead atoms. The van der Waals surface area contributed by atoms with Crippen LogP contribution in [0.15, 0.2) is 42.5 Å². The average molecular weight is 341 g/mol. The predicted molar refractivity (Wildman–Crippen MR) is 103 cm³/mol. The van der Waals surface area contributed by atoms with Crippen LogP contribution in [-0.4, -0.2) is 41.9 Å². The molecular formula is C22H32N2O. The second-order valence-corrected chi connectivity index (χ2v) is 7.56. The van der Waals surface area contributed by atoms with Crippen LogP contribution in [0.5, 0.6) is 0 Å². The van der Waals surface area contributed by atoms with Crippen LogP contribution in [0.1, 0.15) is 44.6 Å². The molecule has 3 heteroatoms. The van der Waals surface area contributed by atoms with Crippen molar-refractivity contribution in [1.29, 1.82) is 0 Å². The second kappa shape index (κ2) is 9.19. The van der Waals surface area contributed by atoms with Crippen molar-refractivity contribution in [3.63, 3.8) is 0 Å². The minimum Gasteiger partial charge on any atom is -0.338 e. The van der Waals surface area contributed by atoms with Gasteiger partial charge in [0, 0.05) is 25.6 Å². The molecule has 1 aromatic rings. The van der Waals surface area contributed by atoms with Crippen molar-refractivity contribution < 1.29 is 4.79 Å². The van der Waals surface area contributed by atoms with Gasteiger partial charge in [-0.3, -0.25) is 4.79 Å². The maximum absolute atomic E-state index is 12.9. The summed E-state index contributed by atoms with van der Waals surface area (Å²) in [7, 11) is 0. The van der Waals surface area contributed by atoms with Crippen LogP contribution in [0.3, 0.4) is 0 Å². The van der Waals surface area contributed by atoms with E-state index >= 15 is 0 Å². The van der Waals surface area contributed by atoms with Crippen LogP contribution in [-0.2, 0) is 11.3 Å². The minimum absolute atomic E-state index is 0.214. The summed E-state index contributed by atoms with van der Waals surface area (Å²) in [6, 6.07) is 10.3. The Morgan fingerprint density at radius 1 is 1.12 bits per heavy atom. The number of carbonyl (C=O) groups is 1. The van der Waals surface area contributed by atoms with Crippen LogP contribution in [0, 0.1) is 11.8 Å². The van der Waals surface area contributed by atoms with Crippen LogP contribution < -0.4 is 0 Å². The molecule has 3 rings (SSSR count). The van der Waals surface area contributed by atoms with E-state index in [1.165, 1.54) is 31.4 Å². The van der Waals surface area contributed by atoms with Crippen LogP contribution in [0.25, 0.3) is 0 Å². The van der Waals surface area contributed by atoms with Gasteiger partial charge in [-0.05, 0) is 63.6 Å². The predicted octanol–water partition coefficient (Wildman–Crippen LogP) is 4.10. The summed E-state index contributed by atoms with van der Waals surface area (Å²) in [4.78, 5) is 17.5. The van der Waals surface area contributed by atoms with E-state index in [2.05, 4.69) is 36.1 Å². The maximum Gasteiger partial charge on any atom is 0.226 e.